The third-order valence-electron chi connectivity index (χ3n) is 5.38. The molecule has 2 aromatic carbocycles. The second kappa shape index (κ2) is 10.5. The van der Waals surface area contributed by atoms with Crippen LogP contribution in [0.2, 0.25) is 5.02 Å². The molecule has 1 aliphatic rings. The number of ether oxygens (including phenoxy) is 1. The second-order valence-corrected chi connectivity index (χ2v) is 8.10. The van der Waals surface area contributed by atoms with Crippen LogP contribution < -0.4 is 15.0 Å². The summed E-state index contributed by atoms with van der Waals surface area (Å²) in [5.74, 6) is 0.430. The molecule has 1 N–H and O–H groups in total. The van der Waals surface area contributed by atoms with Crippen molar-refractivity contribution >= 4 is 41.5 Å². The maximum absolute atomic E-state index is 13.6. The van der Waals surface area contributed by atoms with Gasteiger partial charge in [0.2, 0.25) is 0 Å². The van der Waals surface area contributed by atoms with Gasteiger partial charge in [-0.3, -0.25) is 19.5 Å². The largest absolute Gasteiger partial charge is 0.455 e. The van der Waals surface area contributed by atoms with Crippen LogP contribution in [-0.2, 0) is 13.1 Å². The Morgan fingerprint density at radius 3 is 2.54 bits per heavy atom. The molecule has 0 bridgehead atoms. The van der Waals surface area contributed by atoms with E-state index in [1.54, 1.807) is 53.7 Å². The van der Waals surface area contributed by atoms with E-state index >= 15 is 0 Å². The van der Waals surface area contributed by atoms with E-state index in [1.807, 2.05) is 36.4 Å². The van der Waals surface area contributed by atoms with Gasteiger partial charge in [-0.15, -0.1) is 12.4 Å². The lowest BCUT2D eigenvalue weighted by Crippen LogP contribution is -2.31. The fourth-order valence-electron chi connectivity index (χ4n) is 3.67. The summed E-state index contributed by atoms with van der Waals surface area (Å²) in [6.07, 6.45) is 3.32. The van der Waals surface area contributed by atoms with Crippen LogP contribution in [0.15, 0.2) is 85.2 Å². The molecule has 0 saturated carbocycles. The molecule has 0 aliphatic carbocycles. The Hall–Kier alpha value is -3.94. The van der Waals surface area contributed by atoms with Crippen molar-refractivity contribution in [2.45, 2.75) is 13.1 Å². The average Bonchev–Trinajstić information content (AvgIpc) is 3.04. The van der Waals surface area contributed by atoms with E-state index in [9.17, 15) is 9.59 Å². The molecular formula is C26H20Cl2N4O3. The molecule has 2 amide bonds. The summed E-state index contributed by atoms with van der Waals surface area (Å²) in [5.41, 5.74) is 2.57. The highest BCUT2D eigenvalue weighted by molar-refractivity contribution is 6.31. The molecule has 4 aromatic rings. The fraction of sp³-hybridized carbons (Fsp3) is 0.0769. The first-order valence-electron chi connectivity index (χ1n) is 10.6. The van der Waals surface area contributed by atoms with Crippen molar-refractivity contribution in [1.29, 1.82) is 0 Å². The zero-order valence-electron chi connectivity index (χ0n) is 18.3. The first-order valence-corrected chi connectivity index (χ1v) is 11.0. The second-order valence-electron chi connectivity index (χ2n) is 7.66. The van der Waals surface area contributed by atoms with Crippen LogP contribution in [0.4, 0.5) is 5.69 Å². The van der Waals surface area contributed by atoms with Gasteiger partial charge in [0.05, 0.1) is 12.2 Å². The van der Waals surface area contributed by atoms with E-state index in [2.05, 4.69) is 15.3 Å². The zero-order valence-corrected chi connectivity index (χ0v) is 19.9. The van der Waals surface area contributed by atoms with Gasteiger partial charge in [-0.05, 0) is 54.1 Å². The maximum Gasteiger partial charge on any atom is 0.277 e. The van der Waals surface area contributed by atoms with Gasteiger partial charge in [0.1, 0.15) is 17.1 Å². The van der Waals surface area contributed by atoms with Gasteiger partial charge in [-0.25, -0.2) is 4.98 Å². The number of para-hydroxylation sites is 1. The topological polar surface area (TPSA) is 84.4 Å². The molecule has 35 heavy (non-hydrogen) atoms. The van der Waals surface area contributed by atoms with Gasteiger partial charge >= 0.3 is 0 Å². The van der Waals surface area contributed by atoms with Gasteiger partial charge in [-0.1, -0.05) is 35.9 Å². The number of amides is 2. The summed E-state index contributed by atoms with van der Waals surface area (Å²) < 4.78 is 6.07. The van der Waals surface area contributed by atoms with Gasteiger partial charge < -0.3 is 10.1 Å². The summed E-state index contributed by atoms with van der Waals surface area (Å²) in [7, 11) is 0. The minimum atomic E-state index is -0.376. The molecule has 1 aliphatic heterocycles. The average molecular weight is 507 g/mol. The summed E-state index contributed by atoms with van der Waals surface area (Å²) in [5, 5.41) is 3.29. The Kier molecular flexibility index (Phi) is 7.29. The van der Waals surface area contributed by atoms with Gasteiger partial charge in [0, 0.05) is 29.5 Å². The molecule has 5 rings (SSSR count). The Labute approximate surface area is 213 Å². The minimum absolute atomic E-state index is 0. The van der Waals surface area contributed by atoms with Crippen LogP contribution in [0, 0.1) is 0 Å². The number of hydrogen-bond donors (Lipinski definition) is 1. The number of nitrogens with one attached hydrogen (secondary N) is 1. The number of halogens is 2. The molecule has 9 heteroatoms. The van der Waals surface area contributed by atoms with Crippen molar-refractivity contribution in [3.63, 3.8) is 0 Å². The quantitative estimate of drug-likeness (QED) is 0.398. The molecule has 0 saturated heterocycles. The van der Waals surface area contributed by atoms with Crippen LogP contribution in [0.25, 0.3) is 0 Å². The summed E-state index contributed by atoms with van der Waals surface area (Å²) >= 11 is 6.24. The smallest absolute Gasteiger partial charge is 0.277 e. The van der Waals surface area contributed by atoms with Crippen molar-refractivity contribution in [3.05, 3.63) is 113 Å². The number of aromatic nitrogens is 2. The minimum Gasteiger partial charge on any atom is -0.455 e. The molecule has 0 fully saturated rings. The van der Waals surface area contributed by atoms with Crippen molar-refractivity contribution in [1.82, 2.24) is 15.3 Å². The van der Waals surface area contributed by atoms with Crippen molar-refractivity contribution in [2.24, 2.45) is 0 Å². The number of carbonyl (C=O) groups excluding carboxylic acids is 2. The Bertz CT molecular complexity index is 1380. The van der Waals surface area contributed by atoms with Crippen molar-refractivity contribution in [3.8, 4) is 11.5 Å². The van der Waals surface area contributed by atoms with Gasteiger partial charge in [0.15, 0.2) is 5.75 Å². The van der Waals surface area contributed by atoms with Gasteiger partial charge in [0.25, 0.3) is 11.8 Å². The number of fused-ring (bicyclic) bond motifs is 2. The SMILES string of the molecule is Cl.O=C(NCc1ccncc1)c1cccc(C(=O)N2Cc3ccccc3Oc3ccc(Cl)cc32)n1. The Morgan fingerprint density at radius 1 is 0.943 bits per heavy atom. The molecule has 7 nitrogen and oxygen atoms in total. The predicted molar refractivity (Wildman–Crippen MR) is 135 cm³/mol. The van der Waals surface area contributed by atoms with E-state index in [1.165, 1.54) is 0 Å². The number of hydrogen-bond acceptors (Lipinski definition) is 5. The number of anilines is 1. The molecular weight excluding hydrogens is 487 g/mol. The lowest BCUT2D eigenvalue weighted by molar-refractivity contribution is 0.0945. The third kappa shape index (κ3) is 5.26. The molecule has 0 unspecified atom stereocenters. The molecule has 0 atom stereocenters. The zero-order chi connectivity index (χ0) is 23.5. The first-order chi connectivity index (χ1) is 16.6. The molecule has 176 valence electrons. The highest BCUT2D eigenvalue weighted by atomic mass is 35.5. The first kappa shape index (κ1) is 24.2. The Morgan fingerprint density at radius 2 is 1.71 bits per heavy atom. The van der Waals surface area contributed by atoms with E-state index in [4.69, 9.17) is 16.3 Å². The third-order valence-corrected chi connectivity index (χ3v) is 5.62. The highest BCUT2D eigenvalue weighted by Crippen LogP contribution is 2.40. The monoisotopic (exact) mass is 506 g/mol. The van der Waals surface area contributed by atoms with Crippen LogP contribution in [0.5, 0.6) is 11.5 Å². The lowest BCUT2D eigenvalue weighted by Gasteiger charge is -2.22. The number of nitrogens with zero attached hydrogens (tertiary/aromatic N) is 3. The predicted octanol–water partition coefficient (Wildman–Crippen LogP) is 5.43. The van der Waals surface area contributed by atoms with Crippen LogP contribution in [0.1, 0.15) is 32.1 Å². The van der Waals surface area contributed by atoms with E-state index < -0.39 is 0 Å². The number of pyridine rings is 2. The summed E-state index contributed by atoms with van der Waals surface area (Å²) in [6, 6.07) is 21.1. The van der Waals surface area contributed by atoms with Crippen molar-refractivity contribution < 1.29 is 14.3 Å². The molecule has 3 heterocycles. The fourth-order valence-corrected chi connectivity index (χ4v) is 3.84. The number of rotatable bonds is 4. The van der Waals surface area contributed by atoms with Crippen LogP contribution >= 0.6 is 24.0 Å². The lowest BCUT2D eigenvalue weighted by atomic mass is 10.1. The van der Waals surface area contributed by atoms with E-state index in [0.717, 1.165) is 11.1 Å². The summed E-state index contributed by atoms with van der Waals surface area (Å²) in [6.45, 7) is 0.593. The van der Waals surface area contributed by atoms with Gasteiger partial charge in [-0.2, -0.15) is 0 Å². The normalized spacial score (nSPS) is 11.7. The Balaban J connectivity index is 0.00000289. The summed E-state index contributed by atoms with van der Waals surface area (Å²) in [4.78, 5) is 36.2. The highest BCUT2D eigenvalue weighted by Gasteiger charge is 2.27. The van der Waals surface area contributed by atoms with E-state index in [-0.39, 0.29) is 42.2 Å². The van der Waals surface area contributed by atoms with Crippen molar-refractivity contribution in [2.75, 3.05) is 4.90 Å². The maximum atomic E-state index is 13.6. The number of benzene rings is 2. The molecule has 0 radical (unpaired) electrons. The van der Waals surface area contributed by atoms with Crippen LogP contribution in [-0.4, -0.2) is 21.8 Å². The molecule has 2 aromatic heterocycles. The van der Waals surface area contributed by atoms with Crippen LogP contribution in [0.3, 0.4) is 0 Å². The number of carbonyl (C=O) groups is 2. The van der Waals surface area contributed by atoms with E-state index in [0.29, 0.717) is 28.8 Å². The molecule has 0 spiro atoms. The standard InChI is InChI=1S/C26H19ClN4O3.ClH/c27-19-8-9-24-22(14-19)31(16-18-4-1-2-7-23(18)34-24)26(33)21-6-3-5-20(30-21)25(32)29-15-17-10-12-28-13-11-17;/h1-14H,15-16H2,(H,29,32);1H.